The van der Waals surface area contributed by atoms with Crippen LogP contribution in [0.1, 0.15) is 116 Å². The number of unbranched alkanes of at least 4 members (excludes halogenated alkanes) is 1. The molecule has 2 amide bonds. The van der Waals surface area contributed by atoms with Crippen molar-refractivity contribution in [2.75, 3.05) is 11.1 Å². The van der Waals surface area contributed by atoms with Gasteiger partial charge < -0.3 is 20.8 Å². The van der Waals surface area contributed by atoms with E-state index in [1.165, 1.54) is 18.2 Å². The van der Waals surface area contributed by atoms with Crippen molar-refractivity contribution in [1.29, 1.82) is 0 Å². The lowest BCUT2D eigenvalue weighted by atomic mass is 9.98. The van der Waals surface area contributed by atoms with Gasteiger partial charge in [0.1, 0.15) is 17.4 Å². The maximum atomic E-state index is 13.6. The number of carbonyl (C=O) groups excluding carboxylic acids is 2. The molecule has 8 heteroatoms. The number of anilines is 1. The molecule has 0 fully saturated rings. The molecule has 0 spiro atoms. The molecule has 4 N–H and O–H groups in total. The monoisotopic (exact) mass is 692 g/mol. The van der Waals surface area contributed by atoms with E-state index < -0.39 is 22.7 Å². The SMILES string of the molecule is CC/C=C\C/C=C\C/C=C\C/C=C\C/C=C\C/C=C\CCCSC(CC)(CC)C(=O)NC(CC(C)C)C(=O)Nc1ccc(O)c(C(=O)O)c1. The zero-order valence-electron chi connectivity index (χ0n) is 30.3. The van der Waals surface area contributed by atoms with Crippen molar-refractivity contribution in [3.63, 3.8) is 0 Å². The van der Waals surface area contributed by atoms with Crippen LogP contribution >= 0.6 is 11.8 Å². The Bertz CT molecular complexity index is 1300. The maximum Gasteiger partial charge on any atom is 0.339 e. The van der Waals surface area contributed by atoms with Crippen molar-refractivity contribution in [2.45, 2.75) is 116 Å². The minimum Gasteiger partial charge on any atom is -0.507 e. The molecule has 1 rings (SSSR count). The zero-order valence-corrected chi connectivity index (χ0v) is 31.1. The van der Waals surface area contributed by atoms with Crippen LogP contribution in [0.2, 0.25) is 0 Å². The molecule has 0 aliphatic rings. The second kappa shape index (κ2) is 26.1. The van der Waals surface area contributed by atoms with Gasteiger partial charge in [0.05, 0.1) is 4.75 Å². The summed E-state index contributed by atoms with van der Waals surface area (Å²) in [5.41, 5.74) is -0.0668. The number of hydrogen-bond donors (Lipinski definition) is 4. The van der Waals surface area contributed by atoms with E-state index in [-0.39, 0.29) is 28.8 Å². The smallest absolute Gasteiger partial charge is 0.339 e. The van der Waals surface area contributed by atoms with Crippen LogP contribution in [-0.2, 0) is 9.59 Å². The number of amides is 2. The summed E-state index contributed by atoms with van der Waals surface area (Å²) in [5.74, 6) is -1.30. The maximum absolute atomic E-state index is 13.6. The first-order valence-corrected chi connectivity index (χ1v) is 18.8. The molecule has 0 bridgehead atoms. The first-order chi connectivity index (χ1) is 23.6. The van der Waals surface area contributed by atoms with Gasteiger partial charge in [0.2, 0.25) is 11.8 Å². The Morgan fingerprint density at radius 2 is 1.31 bits per heavy atom. The van der Waals surface area contributed by atoms with Crippen LogP contribution in [-0.4, -0.2) is 44.5 Å². The van der Waals surface area contributed by atoms with E-state index in [0.29, 0.717) is 19.3 Å². The van der Waals surface area contributed by atoms with Gasteiger partial charge in [-0.25, -0.2) is 4.79 Å². The molecule has 1 unspecified atom stereocenters. The fraction of sp³-hybridized carbons (Fsp3) is 0.488. The van der Waals surface area contributed by atoms with Gasteiger partial charge in [0, 0.05) is 5.69 Å². The summed E-state index contributed by atoms with van der Waals surface area (Å²) >= 11 is 1.65. The first kappa shape index (κ1) is 43.2. The number of carboxylic acid groups (broad SMARTS) is 1. The average Bonchev–Trinajstić information content (AvgIpc) is 3.07. The number of aromatic hydroxyl groups is 1. The quantitative estimate of drug-likeness (QED) is 0.0461. The van der Waals surface area contributed by atoms with E-state index in [1.54, 1.807) is 11.8 Å². The Labute approximate surface area is 299 Å². The number of nitrogens with one attached hydrogen (secondary N) is 2. The molecule has 0 heterocycles. The van der Waals surface area contributed by atoms with Crippen molar-refractivity contribution in [1.82, 2.24) is 5.32 Å². The molecule has 0 aromatic heterocycles. The highest BCUT2D eigenvalue weighted by Crippen LogP contribution is 2.34. The number of carboxylic acids is 1. The van der Waals surface area contributed by atoms with E-state index in [0.717, 1.165) is 57.1 Å². The number of carbonyl (C=O) groups is 3. The number of aromatic carboxylic acids is 1. The lowest BCUT2D eigenvalue weighted by Gasteiger charge is -2.32. The summed E-state index contributed by atoms with van der Waals surface area (Å²) < 4.78 is -0.650. The van der Waals surface area contributed by atoms with Gasteiger partial charge in [-0.2, -0.15) is 0 Å². The molecule has 0 aliphatic heterocycles. The van der Waals surface area contributed by atoms with Crippen molar-refractivity contribution in [3.05, 3.63) is 96.7 Å². The Kier molecular flexibility index (Phi) is 23.1. The summed E-state index contributed by atoms with van der Waals surface area (Å²) in [6.45, 7) is 10.1. The second-order valence-corrected chi connectivity index (χ2v) is 13.8. The number of benzene rings is 1. The Morgan fingerprint density at radius 1 is 0.796 bits per heavy atom. The summed E-state index contributed by atoms with van der Waals surface area (Å²) in [6.07, 6.45) is 35.8. The second-order valence-electron chi connectivity index (χ2n) is 12.3. The molecule has 1 aromatic rings. The molecule has 270 valence electrons. The molecule has 1 aromatic carbocycles. The van der Waals surface area contributed by atoms with Gasteiger partial charge in [-0.05, 0) is 100 Å². The van der Waals surface area contributed by atoms with Crippen LogP contribution in [0.3, 0.4) is 0 Å². The van der Waals surface area contributed by atoms with E-state index in [4.69, 9.17) is 0 Å². The normalized spacial score (nSPS) is 13.3. The Balaban J connectivity index is 2.49. The fourth-order valence-electron chi connectivity index (χ4n) is 4.96. The summed E-state index contributed by atoms with van der Waals surface area (Å²) in [7, 11) is 0. The number of thioether (sulfide) groups is 1. The van der Waals surface area contributed by atoms with Gasteiger partial charge in [-0.3, -0.25) is 9.59 Å². The third-order valence-electron chi connectivity index (χ3n) is 7.87. The highest BCUT2D eigenvalue weighted by Gasteiger charge is 2.37. The molecular formula is C41H60N2O5S. The molecule has 0 saturated carbocycles. The topological polar surface area (TPSA) is 116 Å². The number of allylic oxidation sites excluding steroid dienone is 12. The van der Waals surface area contributed by atoms with Gasteiger partial charge in [-0.1, -0.05) is 108 Å². The van der Waals surface area contributed by atoms with Crippen LogP contribution in [0.15, 0.2) is 91.1 Å². The summed E-state index contributed by atoms with van der Waals surface area (Å²) in [6, 6.07) is 3.08. The van der Waals surface area contributed by atoms with Gasteiger partial charge >= 0.3 is 5.97 Å². The third kappa shape index (κ3) is 18.5. The molecule has 0 aliphatic carbocycles. The third-order valence-corrected chi connectivity index (χ3v) is 9.68. The molecule has 7 nitrogen and oxygen atoms in total. The molecule has 49 heavy (non-hydrogen) atoms. The largest absolute Gasteiger partial charge is 0.507 e. The molecule has 0 radical (unpaired) electrons. The average molecular weight is 693 g/mol. The standard InChI is InChI=1S/C41H60N2O5S/c1-6-9-10-11-12-13-14-15-16-17-18-19-20-21-22-23-24-25-26-27-30-49-41(7-2,8-3)40(48)43-36(31-33(4)5)38(45)42-34-28-29-37(44)35(32-34)39(46)47/h9-10,12-13,15-16,18-19,21-22,24-25,28-29,32-33,36,44H,6-8,11,14,17,20,23,26-27,30-31H2,1-5H3,(H,42,45)(H,43,48)(H,46,47)/b10-9-,13-12-,16-15-,19-18-,22-21-,25-24-. The minimum atomic E-state index is -1.30. The van der Waals surface area contributed by atoms with Crippen molar-refractivity contribution < 1.29 is 24.6 Å². The van der Waals surface area contributed by atoms with Crippen LogP contribution in [0, 0.1) is 5.92 Å². The van der Waals surface area contributed by atoms with Gasteiger partial charge in [0.25, 0.3) is 0 Å². The predicted molar refractivity (Wildman–Crippen MR) is 208 cm³/mol. The van der Waals surface area contributed by atoms with E-state index in [2.05, 4.69) is 90.5 Å². The van der Waals surface area contributed by atoms with Crippen LogP contribution in [0.5, 0.6) is 5.75 Å². The Hall–Kier alpha value is -3.78. The van der Waals surface area contributed by atoms with E-state index >= 15 is 0 Å². The molecular weight excluding hydrogens is 633 g/mol. The van der Waals surface area contributed by atoms with Crippen LogP contribution in [0.4, 0.5) is 5.69 Å². The Morgan fingerprint density at radius 3 is 1.78 bits per heavy atom. The van der Waals surface area contributed by atoms with Crippen molar-refractivity contribution in [3.8, 4) is 5.75 Å². The minimum absolute atomic E-state index is 0.136. The zero-order chi connectivity index (χ0) is 36.3. The molecule has 1 atom stereocenters. The van der Waals surface area contributed by atoms with Crippen molar-refractivity contribution in [2.24, 2.45) is 5.92 Å². The van der Waals surface area contributed by atoms with Crippen LogP contribution in [0.25, 0.3) is 0 Å². The van der Waals surface area contributed by atoms with E-state index in [9.17, 15) is 24.6 Å². The van der Waals surface area contributed by atoms with E-state index in [1.807, 2.05) is 27.7 Å². The number of hydrogen-bond acceptors (Lipinski definition) is 5. The lowest BCUT2D eigenvalue weighted by Crippen LogP contribution is -2.52. The number of rotatable bonds is 25. The molecule has 0 saturated heterocycles. The predicted octanol–water partition coefficient (Wildman–Crippen LogP) is 10.3. The van der Waals surface area contributed by atoms with Gasteiger partial charge in [-0.15, -0.1) is 11.8 Å². The fourth-order valence-corrected chi connectivity index (χ4v) is 6.26. The first-order valence-electron chi connectivity index (χ1n) is 17.8. The highest BCUT2D eigenvalue weighted by atomic mass is 32.2. The summed E-state index contributed by atoms with van der Waals surface area (Å²) in [5, 5.41) is 24.8. The number of phenols is 1. The van der Waals surface area contributed by atoms with Gasteiger partial charge in [0.15, 0.2) is 0 Å². The lowest BCUT2D eigenvalue weighted by molar-refractivity contribution is -0.128. The highest BCUT2D eigenvalue weighted by molar-refractivity contribution is 8.01. The van der Waals surface area contributed by atoms with Crippen LogP contribution < -0.4 is 10.6 Å². The summed E-state index contributed by atoms with van der Waals surface area (Å²) in [4.78, 5) is 38.3. The van der Waals surface area contributed by atoms with Crippen molar-refractivity contribution >= 4 is 35.2 Å².